The molecule has 5 nitrogen and oxygen atoms in total. The van der Waals surface area contributed by atoms with Gasteiger partial charge in [0, 0.05) is 52.6 Å². The smallest absolute Gasteiger partial charge is 0.223 e. The molecule has 0 aromatic heterocycles. The summed E-state index contributed by atoms with van der Waals surface area (Å²) in [6.45, 7) is 3.37. The van der Waals surface area contributed by atoms with Crippen molar-refractivity contribution in [2.24, 2.45) is 5.41 Å². The molecule has 0 N–H and O–H groups in total. The first-order chi connectivity index (χ1) is 12.8. The number of piperidine rings is 1. The normalized spacial score (nSPS) is 19.7. The van der Waals surface area contributed by atoms with Crippen molar-refractivity contribution in [3.05, 3.63) is 35.4 Å². The second kappa shape index (κ2) is 7.92. The Balaban J connectivity index is 1.54. The molecule has 3 rings (SSSR count). The monoisotopic (exact) mass is 379 g/mol. The number of halogens is 2. The molecule has 0 unspecified atom stereocenters. The van der Waals surface area contributed by atoms with Crippen molar-refractivity contribution in [2.75, 3.05) is 40.3 Å². The summed E-state index contributed by atoms with van der Waals surface area (Å²) in [4.78, 5) is 29.8. The van der Waals surface area contributed by atoms with E-state index in [2.05, 4.69) is 4.90 Å². The van der Waals surface area contributed by atoms with Gasteiger partial charge in [-0.25, -0.2) is 8.78 Å². The number of hydrogen-bond acceptors (Lipinski definition) is 3. The molecule has 0 radical (unpaired) electrons. The SMILES string of the molecule is CN(C)C(=O)CCN1CCC2(CC1)CC(=O)N(Cc1cc(F)cc(F)c1)C2. The van der Waals surface area contributed by atoms with Gasteiger partial charge in [-0.2, -0.15) is 0 Å². The molecular weight excluding hydrogens is 352 g/mol. The first-order valence-corrected chi connectivity index (χ1v) is 9.42. The van der Waals surface area contributed by atoms with Crippen LogP contribution in [0.1, 0.15) is 31.2 Å². The van der Waals surface area contributed by atoms with Crippen LogP contribution in [0.15, 0.2) is 18.2 Å². The van der Waals surface area contributed by atoms with Crippen molar-refractivity contribution in [3.63, 3.8) is 0 Å². The van der Waals surface area contributed by atoms with Crippen LogP contribution < -0.4 is 0 Å². The molecule has 0 bridgehead atoms. The molecule has 0 atom stereocenters. The van der Waals surface area contributed by atoms with Gasteiger partial charge in [0.1, 0.15) is 11.6 Å². The summed E-state index contributed by atoms with van der Waals surface area (Å²) in [7, 11) is 3.52. The highest BCUT2D eigenvalue weighted by Crippen LogP contribution is 2.41. The molecule has 2 aliphatic rings. The number of hydrogen-bond donors (Lipinski definition) is 0. The van der Waals surface area contributed by atoms with Crippen LogP contribution >= 0.6 is 0 Å². The summed E-state index contributed by atoms with van der Waals surface area (Å²) in [6.07, 6.45) is 2.82. The van der Waals surface area contributed by atoms with E-state index in [1.165, 1.54) is 12.1 Å². The lowest BCUT2D eigenvalue weighted by atomic mass is 9.77. The topological polar surface area (TPSA) is 43.9 Å². The standard InChI is InChI=1S/C20H27F2N3O2/c1-23(2)18(26)3-6-24-7-4-20(5-8-24)12-19(27)25(14-20)13-15-9-16(21)11-17(22)10-15/h9-11H,3-8,12-14H2,1-2H3. The maximum Gasteiger partial charge on any atom is 0.223 e. The van der Waals surface area contributed by atoms with E-state index in [0.717, 1.165) is 38.5 Å². The number of likely N-dealkylation sites (tertiary alicyclic amines) is 2. The molecular formula is C20H27F2N3O2. The van der Waals surface area contributed by atoms with Crippen LogP contribution in [-0.4, -0.2) is 66.8 Å². The highest BCUT2D eigenvalue weighted by Gasteiger charge is 2.44. The lowest BCUT2D eigenvalue weighted by Gasteiger charge is -2.38. The minimum atomic E-state index is -0.619. The molecule has 0 saturated carbocycles. The summed E-state index contributed by atoms with van der Waals surface area (Å²) in [6, 6.07) is 3.41. The van der Waals surface area contributed by atoms with Crippen molar-refractivity contribution in [1.29, 1.82) is 0 Å². The van der Waals surface area contributed by atoms with Gasteiger partial charge in [0.15, 0.2) is 0 Å². The van der Waals surface area contributed by atoms with Gasteiger partial charge in [-0.15, -0.1) is 0 Å². The largest absolute Gasteiger partial charge is 0.349 e. The lowest BCUT2D eigenvalue weighted by molar-refractivity contribution is -0.129. The first-order valence-electron chi connectivity index (χ1n) is 9.42. The van der Waals surface area contributed by atoms with E-state index in [1.807, 2.05) is 0 Å². The van der Waals surface area contributed by atoms with Crippen molar-refractivity contribution >= 4 is 11.8 Å². The van der Waals surface area contributed by atoms with Crippen molar-refractivity contribution in [1.82, 2.24) is 14.7 Å². The van der Waals surface area contributed by atoms with Gasteiger partial charge in [-0.3, -0.25) is 9.59 Å². The Bertz CT molecular complexity index is 695. The quantitative estimate of drug-likeness (QED) is 0.788. The molecule has 1 aromatic carbocycles. The molecule has 7 heteroatoms. The summed E-state index contributed by atoms with van der Waals surface area (Å²) >= 11 is 0. The van der Waals surface area contributed by atoms with E-state index in [-0.39, 0.29) is 23.8 Å². The zero-order valence-corrected chi connectivity index (χ0v) is 16.0. The fourth-order valence-corrected chi connectivity index (χ4v) is 4.11. The van der Waals surface area contributed by atoms with E-state index < -0.39 is 11.6 Å². The third kappa shape index (κ3) is 4.83. The van der Waals surface area contributed by atoms with Gasteiger partial charge in [0.2, 0.25) is 11.8 Å². The Hall–Kier alpha value is -2.02. The predicted molar refractivity (Wildman–Crippen MR) is 97.8 cm³/mol. The fourth-order valence-electron chi connectivity index (χ4n) is 4.11. The van der Waals surface area contributed by atoms with E-state index in [4.69, 9.17) is 0 Å². The van der Waals surface area contributed by atoms with Gasteiger partial charge in [0.05, 0.1) is 0 Å². The van der Waals surface area contributed by atoms with Crippen LogP contribution in [-0.2, 0) is 16.1 Å². The van der Waals surface area contributed by atoms with E-state index >= 15 is 0 Å². The fraction of sp³-hybridized carbons (Fsp3) is 0.600. The highest BCUT2D eigenvalue weighted by molar-refractivity contribution is 5.79. The van der Waals surface area contributed by atoms with Crippen molar-refractivity contribution < 1.29 is 18.4 Å². The van der Waals surface area contributed by atoms with Crippen LogP contribution in [0.2, 0.25) is 0 Å². The number of carbonyl (C=O) groups is 2. The molecule has 2 aliphatic heterocycles. The Labute approximate surface area is 158 Å². The second-order valence-electron chi connectivity index (χ2n) is 8.08. The number of carbonyl (C=O) groups excluding carboxylic acids is 2. The van der Waals surface area contributed by atoms with Gasteiger partial charge < -0.3 is 14.7 Å². The second-order valence-corrected chi connectivity index (χ2v) is 8.08. The molecule has 2 saturated heterocycles. The van der Waals surface area contributed by atoms with Crippen LogP contribution in [0.4, 0.5) is 8.78 Å². The van der Waals surface area contributed by atoms with Gasteiger partial charge >= 0.3 is 0 Å². The van der Waals surface area contributed by atoms with E-state index in [1.54, 1.807) is 23.9 Å². The Morgan fingerprint density at radius 2 is 1.78 bits per heavy atom. The Morgan fingerprint density at radius 3 is 2.37 bits per heavy atom. The van der Waals surface area contributed by atoms with Crippen LogP contribution in [0.3, 0.4) is 0 Å². The summed E-state index contributed by atoms with van der Waals surface area (Å²) in [5.74, 6) is -1.06. The maximum atomic E-state index is 13.4. The van der Waals surface area contributed by atoms with Crippen LogP contribution in [0.25, 0.3) is 0 Å². The zero-order chi connectivity index (χ0) is 19.6. The molecule has 2 heterocycles. The zero-order valence-electron chi connectivity index (χ0n) is 16.0. The van der Waals surface area contributed by atoms with Gasteiger partial charge in [-0.05, 0) is 49.0 Å². The molecule has 1 aromatic rings. The Morgan fingerprint density at radius 1 is 1.15 bits per heavy atom. The van der Waals surface area contributed by atoms with Gasteiger partial charge in [-0.1, -0.05) is 0 Å². The average molecular weight is 379 g/mol. The number of rotatable bonds is 5. The predicted octanol–water partition coefficient (Wildman–Crippen LogP) is 2.26. The Kier molecular flexibility index (Phi) is 5.79. The highest BCUT2D eigenvalue weighted by atomic mass is 19.1. The molecule has 2 amide bonds. The van der Waals surface area contributed by atoms with E-state index in [0.29, 0.717) is 24.9 Å². The van der Waals surface area contributed by atoms with E-state index in [9.17, 15) is 18.4 Å². The lowest BCUT2D eigenvalue weighted by Crippen LogP contribution is -2.42. The number of amides is 2. The van der Waals surface area contributed by atoms with Crippen molar-refractivity contribution in [3.8, 4) is 0 Å². The molecule has 148 valence electrons. The molecule has 0 aliphatic carbocycles. The summed E-state index contributed by atoms with van der Waals surface area (Å²) in [5.41, 5.74) is 0.433. The first kappa shape index (κ1) is 19.7. The van der Waals surface area contributed by atoms with Crippen LogP contribution in [0, 0.1) is 17.0 Å². The minimum Gasteiger partial charge on any atom is -0.349 e. The van der Waals surface area contributed by atoms with Gasteiger partial charge in [0.25, 0.3) is 0 Å². The minimum absolute atomic E-state index is 0.0506. The number of benzene rings is 1. The van der Waals surface area contributed by atoms with Crippen molar-refractivity contribution in [2.45, 2.75) is 32.2 Å². The summed E-state index contributed by atoms with van der Waals surface area (Å²) in [5, 5.41) is 0. The third-order valence-corrected chi connectivity index (χ3v) is 5.76. The van der Waals surface area contributed by atoms with Crippen LogP contribution in [0.5, 0.6) is 0 Å². The summed E-state index contributed by atoms with van der Waals surface area (Å²) < 4.78 is 26.8. The third-order valence-electron chi connectivity index (χ3n) is 5.76. The molecule has 27 heavy (non-hydrogen) atoms. The maximum absolute atomic E-state index is 13.4. The average Bonchev–Trinajstić information content (AvgIpc) is 2.88. The molecule has 1 spiro atoms. The molecule has 2 fully saturated rings. The number of nitrogens with zero attached hydrogens (tertiary/aromatic N) is 3.